The van der Waals surface area contributed by atoms with Crippen molar-refractivity contribution in [3.05, 3.63) is 0 Å². The van der Waals surface area contributed by atoms with Gasteiger partial charge in [-0.15, -0.1) is 0 Å². The topological polar surface area (TPSA) is 61.4 Å². The van der Waals surface area contributed by atoms with E-state index in [1.165, 1.54) is 0 Å². The van der Waals surface area contributed by atoms with Gasteiger partial charge in [0.1, 0.15) is 0 Å². The third-order valence-corrected chi connectivity index (χ3v) is 4.19. The number of likely N-dealkylation sites (tertiary alicyclic amines) is 1. The minimum atomic E-state index is -0.252. The molecule has 0 radical (unpaired) electrons. The molecule has 2 N–H and O–H groups in total. The van der Waals surface area contributed by atoms with Crippen LogP contribution in [-0.2, 0) is 9.59 Å². The summed E-state index contributed by atoms with van der Waals surface area (Å²) < 4.78 is 0. The fourth-order valence-corrected chi connectivity index (χ4v) is 2.71. The summed E-state index contributed by atoms with van der Waals surface area (Å²) in [6.45, 7) is 6.83. The Morgan fingerprint density at radius 2 is 2.00 bits per heavy atom. The Kier molecular flexibility index (Phi) is 3.90. The first-order chi connectivity index (χ1) is 8.51. The summed E-state index contributed by atoms with van der Waals surface area (Å²) in [6.07, 6.45) is 2.65. The predicted molar refractivity (Wildman–Crippen MR) is 69.0 cm³/mol. The summed E-state index contributed by atoms with van der Waals surface area (Å²) in [4.78, 5) is 25.3. The van der Waals surface area contributed by atoms with E-state index in [2.05, 4.69) is 10.6 Å². The van der Waals surface area contributed by atoms with Crippen LogP contribution in [-0.4, -0.2) is 48.9 Å². The van der Waals surface area contributed by atoms with Gasteiger partial charge in [0.2, 0.25) is 11.8 Å². The van der Waals surface area contributed by atoms with E-state index in [1.54, 1.807) is 6.92 Å². The number of hydrogen-bond donors (Lipinski definition) is 2. The fourth-order valence-electron chi connectivity index (χ4n) is 2.71. The Morgan fingerprint density at radius 3 is 2.50 bits per heavy atom. The van der Waals surface area contributed by atoms with Crippen molar-refractivity contribution in [3.63, 3.8) is 0 Å². The molecule has 0 aromatic carbocycles. The van der Waals surface area contributed by atoms with Crippen molar-refractivity contribution < 1.29 is 9.59 Å². The van der Waals surface area contributed by atoms with Crippen LogP contribution in [0.25, 0.3) is 0 Å². The highest BCUT2D eigenvalue weighted by atomic mass is 16.2. The van der Waals surface area contributed by atoms with Crippen LogP contribution in [0.1, 0.15) is 33.1 Å². The molecule has 2 amide bonds. The molecule has 2 rings (SSSR count). The SMILES string of the molecule is CC(=O)N1CCC(NC(=O)C2(C)CCNC2)CC1. The maximum Gasteiger partial charge on any atom is 0.227 e. The van der Waals surface area contributed by atoms with Gasteiger partial charge < -0.3 is 15.5 Å². The zero-order chi connectivity index (χ0) is 13.2. The smallest absolute Gasteiger partial charge is 0.227 e. The normalized spacial score (nSPS) is 29.3. The van der Waals surface area contributed by atoms with E-state index in [9.17, 15) is 9.59 Å². The maximum absolute atomic E-state index is 12.2. The molecule has 0 saturated carbocycles. The molecule has 1 atom stereocenters. The molecule has 2 heterocycles. The zero-order valence-electron chi connectivity index (χ0n) is 11.3. The Hall–Kier alpha value is -1.10. The molecule has 0 aromatic heterocycles. The highest BCUT2D eigenvalue weighted by Gasteiger charge is 2.37. The fraction of sp³-hybridized carbons (Fsp3) is 0.846. The summed E-state index contributed by atoms with van der Waals surface area (Å²) in [7, 11) is 0. The molecular formula is C13H23N3O2. The van der Waals surface area contributed by atoms with Gasteiger partial charge in [-0.1, -0.05) is 0 Å². The molecule has 2 aliphatic rings. The highest BCUT2D eigenvalue weighted by Crippen LogP contribution is 2.25. The van der Waals surface area contributed by atoms with Gasteiger partial charge in [0.05, 0.1) is 5.41 Å². The summed E-state index contributed by atoms with van der Waals surface area (Å²) >= 11 is 0. The first kappa shape index (κ1) is 13.3. The molecule has 0 aromatic rings. The monoisotopic (exact) mass is 253 g/mol. The quantitative estimate of drug-likeness (QED) is 0.734. The van der Waals surface area contributed by atoms with E-state index >= 15 is 0 Å². The standard InChI is InChI=1S/C13H23N3O2/c1-10(17)16-7-3-11(4-8-16)15-12(18)13(2)5-6-14-9-13/h11,14H,3-9H2,1-2H3,(H,15,18). The molecule has 0 aliphatic carbocycles. The van der Waals surface area contributed by atoms with E-state index in [0.29, 0.717) is 0 Å². The molecule has 1 unspecified atom stereocenters. The van der Waals surface area contributed by atoms with Crippen molar-refractivity contribution in [2.24, 2.45) is 5.41 Å². The van der Waals surface area contributed by atoms with Crippen molar-refractivity contribution in [3.8, 4) is 0 Å². The lowest BCUT2D eigenvalue weighted by atomic mass is 9.88. The Bertz CT molecular complexity index is 329. The molecule has 5 heteroatoms. The Labute approximate surface area is 108 Å². The van der Waals surface area contributed by atoms with Gasteiger partial charge in [-0.2, -0.15) is 0 Å². The zero-order valence-corrected chi connectivity index (χ0v) is 11.3. The number of amides is 2. The third kappa shape index (κ3) is 2.83. The van der Waals surface area contributed by atoms with Crippen LogP contribution in [0, 0.1) is 5.41 Å². The van der Waals surface area contributed by atoms with Gasteiger partial charge in [0, 0.05) is 32.6 Å². The van der Waals surface area contributed by atoms with Gasteiger partial charge in [-0.05, 0) is 32.7 Å². The number of hydrogen-bond acceptors (Lipinski definition) is 3. The lowest BCUT2D eigenvalue weighted by Crippen LogP contribution is -2.50. The average molecular weight is 253 g/mol. The van der Waals surface area contributed by atoms with Gasteiger partial charge in [-0.25, -0.2) is 0 Å². The van der Waals surface area contributed by atoms with Crippen molar-refractivity contribution >= 4 is 11.8 Å². The van der Waals surface area contributed by atoms with Crippen LogP contribution in [0.15, 0.2) is 0 Å². The van der Waals surface area contributed by atoms with Gasteiger partial charge >= 0.3 is 0 Å². The highest BCUT2D eigenvalue weighted by molar-refractivity contribution is 5.83. The lowest BCUT2D eigenvalue weighted by Gasteiger charge is -2.33. The number of rotatable bonds is 2. The van der Waals surface area contributed by atoms with Crippen LogP contribution in [0.5, 0.6) is 0 Å². The van der Waals surface area contributed by atoms with E-state index in [4.69, 9.17) is 0 Å². The molecule has 102 valence electrons. The molecule has 2 fully saturated rings. The lowest BCUT2D eigenvalue weighted by molar-refractivity contribution is -0.131. The van der Waals surface area contributed by atoms with Crippen molar-refractivity contribution in [2.45, 2.75) is 39.2 Å². The van der Waals surface area contributed by atoms with Gasteiger partial charge in [0.25, 0.3) is 0 Å². The summed E-state index contributed by atoms with van der Waals surface area (Å²) in [5.41, 5.74) is -0.252. The van der Waals surface area contributed by atoms with Crippen molar-refractivity contribution in [1.29, 1.82) is 0 Å². The second-order valence-electron chi connectivity index (χ2n) is 5.74. The second kappa shape index (κ2) is 5.26. The second-order valence-corrected chi connectivity index (χ2v) is 5.74. The number of nitrogens with zero attached hydrogens (tertiary/aromatic N) is 1. The van der Waals surface area contributed by atoms with Crippen LogP contribution < -0.4 is 10.6 Å². The van der Waals surface area contributed by atoms with Crippen molar-refractivity contribution in [1.82, 2.24) is 15.5 Å². The summed E-state index contributed by atoms with van der Waals surface area (Å²) in [5.74, 6) is 0.292. The van der Waals surface area contributed by atoms with Gasteiger partial charge in [0.15, 0.2) is 0 Å². The minimum absolute atomic E-state index is 0.131. The first-order valence-electron chi connectivity index (χ1n) is 6.78. The van der Waals surface area contributed by atoms with Crippen LogP contribution >= 0.6 is 0 Å². The van der Waals surface area contributed by atoms with E-state index in [-0.39, 0.29) is 23.3 Å². The minimum Gasteiger partial charge on any atom is -0.353 e. The average Bonchev–Trinajstić information content (AvgIpc) is 2.78. The number of carbonyl (C=O) groups excluding carboxylic acids is 2. The predicted octanol–water partition coefficient (Wildman–Crippen LogP) is 0.113. The molecule has 0 bridgehead atoms. The van der Waals surface area contributed by atoms with Crippen LogP contribution in [0.4, 0.5) is 0 Å². The largest absolute Gasteiger partial charge is 0.353 e. The van der Waals surface area contributed by atoms with Crippen LogP contribution in [0.2, 0.25) is 0 Å². The Balaban J connectivity index is 1.81. The number of carbonyl (C=O) groups is 2. The molecule has 0 spiro atoms. The molecule has 2 saturated heterocycles. The molecule has 5 nitrogen and oxygen atoms in total. The van der Waals surface area contributed by atoms with Crippen LogP contribution in [0.3, 0.4) is 0 Å². The van der Waals surface area contributed by atoms with E-state index in [1.807, 2.05) is 11.8 Å². The maximum atomic E-state index is 12.2. The van der Waals surface area contributed by atoms with E-state index < -0.39 is 0 Å². The molecular weight excluding hydrogens is 230 g/mol. The first-order valence-corrected chi connectivity index (χ1v) is 6.78. The van der Waals surface area contributed by atoms with Gasteiger partial charge in [-0.3, -0.25) is 9.59 Å². The van der Waals surface area contributed by atoms with E-state index in [0.717, 1.165) is 45.4 Å². The summed E-state index contributed by atoms with van der Waals surface area (Å²) in [6, 6.07) is 0.227. The third-order valence-electron chi connectivity index (χ3n) is 4.19. The Morgan fingerprint density at radius 1 is 1.33 bits per heavy atom. The number of nitrogens with one attached hydrogen (secondary N) is 2. The molecule has 18 heavy (non-hydrogen) atoms. The van der Waals surface area contributed by atoms with Crippen molar-refractivity contribution in [2.75, 3.05) is 26.2 Å². The molecule has 2 aliphatic heterocycles. The number of piperidine rings is 1. The summed E-state index contributed by atoms with van der Waals surface area (Å²) in [5, 5.41) is 6.38.